The van der Waals surface area contributed by atoms with Gasteiger partial charge < -0.3 is 20.1 Å². The zero-order chi connectivity index (χ0) is 16.1. The van der Waals surface area contributed by atoms with E-state index in [0.29, 0.717) is 18.7 Å². The molecular weight excluding hydrogens is 290 g/mol. The van der Waals surface area contributed by atoms with Crippen LogP contribution in [-0.4, -0.2) is 43.2 Å². The predicted octanol–water partition coefficient (Wildman–Crippen LogP) is 0.597. The largest absolute Gasteiger partial charge is 0.490 e. The Balaban J connectivity index is 2.00. The van der Waals surface area contributed by atoms with E-state index in [1.165, 1.54) is 19.2 Å². The van der Waals surface area contributed by atoms with Crippen LogP contribution in [-0.2, 0) is 16.1 Å². The van der Waals surface area contributed by atoms with E-state index in [1.807, 2.05) is 6.92 Å². The molecule has 1 amide bonds. The molecule has 2 rings (SSSR count). The maximum atomic E-state index is 12.1. The van der Waals surface area contributed by atoms with E-state index in [9.17, 15) is 14.9 Å². The first-order valence-corrected chi connectivity index (χ1v) is 6.97. The monoisotopic (exact) mass is 309 g/mol. The van der Waals surface area contributed by atoms with Crippen LogP contribution >= 0.6 is 0 Å². The molecule has 0 bridgehead atoms. The van der Waals surface area contributed by atoms with Gasteiger partial charge in [-0.15, -0.1) is 0 Å². The van der Waals surface area contributed by atoms with Gasteiger partial charge in [-0.2, -0.15) is 0 Å². The van der Waals surface area contributed by atoms with E-state index in [0.717, 1.165) is 0 Å². The zero-order valence-electron chi connectivity index (χ0n) is 12.5. The molecule has 0 unspecified atom stereocenters. The third kappa shape index (κ3) is 3.71. The van der Waals surface area contributed by atoms with Crippen molar-refractivity contribution in [3.05, 3.63) is 33.9 Å². The Morgan fingerprint density at radius 3 is 3.00 bits per heavy atom. The van der Waals surface area contributed by atoms with Gasteiger partial charge in [0.25, 0.3) is 0 Å². The second-order valence-electron chi connectivity index (χ2n) is 4.99. The fraction of sp³-hybridized carbons (Fsp3) is 0.500. The molecule has 2 atom stereocenters. The van der Waals surface area contributed by atoms with Crippen LogP contribution in [0.25, 0.3) is 0 Å². The topological polar surface area (TPSA) is 103 Å². The van der Waals surface area contributed by atoms with Crippen LogP contribution < -0.4 is 15.4 Å². The molecule has 1 aliphatic heterocycles. The minimum atomic E-state index is -0.511. The third-order valence-corrected chi connectivity index (χ3v) is 3.51. The van der Waals surface area contributed by atoms with Crippen molar-refractivity contribution in [3.63, 3.8) is 0 Å². The molecule has 22 heavy (non-hydrogen) atoms. The minimum Gasteiger partial charge on any atom is -0.490 e. The van der Waals surface area contributed by atoms with Gasteiger partial charge in [0.05, 0.1) is 24.7 Å². The third-order valence-electron chi connectivity index (χ3n) is 3.51. The van der Waals surface area contributed by atoms with E-state index < -0.39 is 11.0 Å². The number of rotatable bonds is 5. The number of methoxy groups -OCH3 is 1. The fourth-order valence-electron chi connectivity index (χ4n) is 2.31. The summed E-state index contributed by atoms with van der Waals surface area (Å²) >= 11 is 0. The SMILES string of the molecule is COc1ccc(CNC(=O)[C@H]2NCCO[C@@H]2C)cc1[N+](=O)[O-]. The Bertz CT molecular complexity index is 563. The molecule has 1 heterocycles. The molecule has 1 fully saturated rings. The van der Waals surface area contributed by atoms with Crippen LogP contribution in [0.4, 0.5) is 5.69 Å². The highest BCUT2D eigenvalue weighted by atomic mass is 16.6. The van der Waals surface area contributed by atoms with Crippen molar-refractivity contribution in [3.8, 4) is 5.75 Å². The average molecular weight is 309 g/mol. The summed E-state index contributed by atoms with van der Waals surface area (Å²) in [5.74, 6) is 0.00159. The molecule has 120 valence electrons. The highest BCUT2D eigenvalue weighted by Crippen LogP contribution is 2.27. The lowest BCUT2D eigenvalue weighted by molar-refractivity contribution is -0.385. The van der Waals surface area contributed by atoms with Crippen LogP contribution in [0.1, 0.15) is 12.5 Å². The lowest BCUT2D eigenvalue weighted by Gasteiger charge is -2.29. The Morgan fingerprint density at radius 1 is 1.59 bits per heavy atom. The summed E-state index contributed by atoms with van der Waals surface area (Å²) in [7, 11) is 1.37. The number of benzene rings is 1. The van der Waals surface area contributed by atoms with Crippen molar-refractivity contribution in [2.45, 2.75) is 25.6 Å². The average Bonchev–Trinajstić information content (AvgIpc) is 2.52. The summed E-state index contributed by atoms with van der Waals surface area (Å²) in [6.45, 7) is 3.23. The van der Waals surface area contributed by atoms with Crippen molar-refractivity contribution in [2.75, 3.05) is 20.3 Å². The second kappa shape index (κ2) is 7.19. The number of carbonyl (C=O) groups excluding carboxylic acids is 1. The fourth-order valence-corrected chi connectivity index (χ4v) is 2.31. The summed E-state index contributed by atoms with van der Waals surface area (Å²) < 4.78 is 10.4. The van der Waals surface area contributed by atoms with E-state index in [4.69, 9.17) is 9.47 Å². The van der Waals surface area contributed by atoms with Gasteiger partial charge in [-0.25, -0.2) is 0 Å². The van der Waals surface area contributed by atoms with Crippen LogP contribution in [0.15, 0.2) is 18.2 Å². The number of amides is 1. The maximum absolute atomic E-state index is 12.1. The molecule has 1 aromatic rings. The smallest absolute Gasteiger partial charge is 0.311 e. The van der Waals surface area contributed by atoms with Gasteiger partial charge in [-0.1, -0.05) is 6.07 Å². The van der Waals surface area contributed by atoms with E-state index >= 15 is 0 Å². The van der Waals surface area contributed by atoms with Gasteiger partial charge in [0.15, 0.2) is 5.75 Å². The molecule has 8 heteroatoms. The quantitative estimate of drug-likeness (QED) is 0.610. The summed E-state index contributed by atoms with van der Waals surface area (Å²) in [5, 5.41) is 16.8. The van der Waals surface area contributed by atoms with Crippen LogP contribution in [0.3, 0.4) is 0 Å². The molecule has 1 aliphatic rings. The number of nitrogens with zero attached hydrogens (tertiary/aromatic N) is 1. The van der Waals surface area contributed by atoms with Crippen LogP contribution in [0, 0.1) is 10.1 Å². The first kappa shape index (κ1) is 16.2. The van der Waals surface area contributed by atoms with Crippen molar-refractivity contribution in [1.82, 2.24) is 10.6 Å². The molecule has 0 saturated carbocycles. The van der Waals surface area contributed by atoms with E-state index in [1.54, 1.807) is 6.07 Å². The van der Waals surface area contributed by atoms with Crippen molar-refractivity contribution < 1.29 is 19.2 Å². The number of carbonyl (C=O) groups is 1. The van der Waals surface area contributed by atoms with Crippen molar-refractivity contribution in [2.24, 2.45) is 0 Å². The normalized spacial score (nSPS) is 21.2. The summed E-state index contributed by atoms with van der Waals surface area (Å²) in [6.07, 6.45) is -0.209. The van der Waals surface area contributed by atoms with Gasteiger partial charge in [0.1, 0.15) is 6.04 Å². The van der Waals surface area contributed by atoms with Crippen molar-refractivity contribution >= 4 is 11.6 Å². The summed E-state index contributed by atoms with van der Waals surface area (Å²) in [6, 6.07) is 4.18. The Labute approximate surface area is 127 Å². The van der Waals surface area contributed by atoms with Crippen LogP contribution in [0.2, 0.25) is 0 Å². The molecule has 0 radical (unpaired) electrons. The number of hydrogen-bond acceptors (Lipinski definition) is 6. The lowest BCUT2D eigenvalue weighted by Crippen LogP contribution is -2.55. The highest BCUT2D eigenvalue weighted by molar-refractivity contribution is 5.82. The van der Waals surface area contributed by atoms with Gasteiger partial charge in [-0.05, 0) is 18.6 Å². The van der Waals surface area contributed by atoms with Gasteiger partial charge >= 0.3 is 5.69 Å². The molecule has 1 aromatic carbocycles. The molecule has 0 spiro atoms. The van der Waals surface area contributed by atoms with Crippen LogP contribution in [0.5, 0.6) is 5.75 Å². The Morgan fingerprint density at radius 2 is 2.36 bits per heavy atom. The molecule has 2 N–H and O–H groups in total. The summed E-state index contributed by atoms with van der Waals surface area (Å²) in [5.41, 5.74) is 0.506. The van der Waals surface area contributed by atoms with E-state index in [-0.39, 0.29) is 30.0 Å². The second-order valence-corrected chi connectivity index (χ2v) is 4.99. The first-order valence-electron chi connectivity index (χ1n) is 6.97. The standard InChI is InChI=1S/C14H19N3O5/c1-9-13(15-5-6-22-9)14(18)16-8-10-3-4-12(21-2)11(7-10)17(19)20/h3-4,7,9,13,15H,5-6,8H2,1-2H3,(H,16,18)/t9-,13+/m1/s1. The highest BCUT2D eigenvalue weighted by Gasteiger charge is 2.28. The Kier molecular flexibility index (Phi) is 5.29. The number of nitrogens with one attached hydrogen (secondary N) is 2. The number of hydrogen-bond donors (Lipinski definition) is 2. The molecule has 8 nitrogen and oxygen atoms in total. The Hall–Kier alpha value is -2.19. The zero-order valence-corrected chi connectivity index (χ0v) is 12.5. The number of nitro groups is 1. The number of morpholine rings is 1. The van der Waals surface area contributed by atoms with E-state index in [2.05, 4.69) is 10.6 Å². The minimum absolute atomic E-state index is 0.123. The lowest BCUT2D eigenvalue weighted by atomic mass is 10.1. The predicted molar refractivity (Wildman–Crippen MR) is 78.7 cm³/mol. The van der Waals surface area contributed by atoms with Gasteiger partial charge in [0.2, 0.25) is 5.91 Å². The summed E-state index contributed by atoms with van der Waals surface area (Å²) in [4.78, 5) is 22.6. The number of ether oxygens (including phenoxy) is 2. The molecular formula is C14H19N3O5. The first-order chi connectivity index (χ1) is 10.5. The molecule has 1 saturated heterocycles. The molecule has 0 aliphatic carbocycles. The maximum Gasteiger partial charge on any atom is 0.311 e. The molecule has 0 aromatic heterocycles. The van der Waals surface area contributed by atoms with Gasteiger partial charge in [-0.3, -0.25) is 14.9 Å². The van der Waals surface area contributed by atoms with Crippen molar-refractivity contribution in [1.29, 1.82) is 0 Å². The van der Waals surface area contributed by atoms with Gasteiger partial charge in [0, 0.05) is 19.2 Å². The number of nitro benzene ring substituents is 1.